The number of fused-ring (bicyclic) bond motifs is 1. The summed E-state index contributed by atoms with van der Waals surface area (Å²) in [7, 11) is 0.843. The van der Waals surface area contributed by atoms with Crippen molar-refractivity contribution in [2.45, 2.75) is 13.4 Å². The Morgan fingerprint density at radius 3 is 3.11 bits per heavy atom. The van der Waals surface area contributed by atoms with Crippen molar-refractivity contribution < 1.29 is 0 Å². The molecule has 2 heterocycles. The second kappa shape index (κ2) is 6.04. The third-order valence-electron chi connectivity index (χ3n) is 2.79. The third kappa shape index (κ3) is 3.34. The van der Waals surface area contributed by atoms with Crippen molar-refractivity contribution in [1.29, 1.82) is 0 Å². The maximum absolute atomic E-state index is 4.54. The Bertz CT molecular complexity index is 582. The van der Waals surface area contributed by atoms with Crippen molar-refractivity contribution in [3.63, 3.8) is 0 Å². The zero-order valence-corrected chi connectivity index (χ0v) is 11.2. The van der Waals surface area contributed by atoms with Crippen LogP contribution in [-0.2, 0) is 6.54 Å². The van der Waals surface area contributed by atoms with E-state index >= 15 is 0 Å². The first-order valence-electron chi connectivity index (χ1n) is 6.26. The molecule has 19 heavy (non-hydrogen) atoms. The first-order chi connectivity index (χ1) is 9.22. The Hall–Kier alpha value is -2.30. The van der Waals surface area contributed by atoms with E-state index in [0.29, 0.717) is 6.54 Å². The molecule has 0 fully saturated rings. The van der Waals surface area contributed by atoms with Gasteiger partial charge in [-0.05, 0) is 23.9 Å². The molecule has 0 amide bonds. The lowest BCUT2D eigenvalue weighted by molar-refractivity contribution is 0.561. The van der Waals surface area contributed by atoms with E-state index in [2.05, 4.69) is 23.1 Å². The van der Waals surface area contributed by atoms with Crippen LogP contribution in [0.15, 0.2) is 60.5 Å². The highest BCUT2D eigenvalue weighted by molar-refractivity contribution is 6.43. The number of aliphatic imine (C=N–C) groups is 1. The van der Waals surface area contributed by atoms with Crippen molar-refractivity contribution in [2.75, 3.05) is 0 Å². The monoisotopic (exact) mass is 252 g/mol. The largest absolute Gasteiger partial charge is 0.334 e. The van der Waals surface area contributed by atoms with Gasteiger partial charge in [0.1, 0.15) is 5.65 Å². The summed E-state index contributed by atoms with van der Waals surface area (Å²) in [6, 6.07) is 5.94. The van der Waals surface area contributed by atoms with Gasteiger partial charge in [0.2, 0.25) is 0 Å². The molecule has 2 aromatic heterocycles. The van der Waals surface area contributed by atoms with E-state index in [4.69, 9.17) is 0 Å². The van der Waals surface area contributed by atoms with Crippen LogP contribution in [0.25, 0.3) is 5.65 Å². The van der Waals surface area contributed by atoms with Gasteiger partial charge in [0.15, 0.2) is 7.28 Å². The standard InChI is InChI=1S/C14H17BN4/c1-4-18(11-16-12(2)15-3)9-13-10-19-8-6-5-7-14(19)17-13/h4-8,10-11,15H,1-2,9H2,3H3/b16-11-. The molecule has 0 saturated carbocycles. The molecular weight excluding hydrogens is 235 g/mol. The summed E-state index contributed by atoms with van der Waals surface area (Å²) in [5.41, 5.74) is 2.76. The van der Waals surface area contributed by atoms with Crippen molar-refractivity contribution in [3.05, 3.63) is 61.2 Å². The zero-order valence-electron chi connectivity index (χ0n) is 11.2. The fourth-order valence-electron chi connectivity index (χ4n) is 1.65. The topological polar surface area (TPSA) is 32.9 Å². The lowest BCUT2D eigenvalue weighted by Crippen LogP contribution is -2.14. The minimum atomic E-state index is 0.645. The average molecular weight is 252 g/mol. The Morgan fingerprint density at radius 1 is 1.58 bits per heavy atom. The molecule has 0 aliphatic rings. The fraction of sp³-hybridized carbons (Fsp3) is 0.143. The summed E-state index contributed by atoms with van der Waals surface area (Å²) in [4.78, 5) is 10.7. The zero-order chi connectivity index (χ0) is 13.7. The second-order valence-electron chi connectivity index (χ2n) is 4.22. The van der Waals surface area contributed by atoms with Gasteiger partial charge >= 0.3 is 0 Å². The summed E-state index contributed by atoms with van der Waals surface area (Å²) in [5.74, 6) is 0. The molecule has 0 unspecified atom stereocenters. The van der Waals surface area contributed by atoms with Crippen LogP contribution in [0.2, 0.25) is 6.82 Å². The minimum Gasteiger partial charge on any atom is -0.334 e. The lowest BCUT2D eigenvalue weighted by Gasteiger charge is -2.11. The van der Waals surface area contributed by atoms with Gasteiger partial charge in [0.05, 0.1) is 18.6 Å². The van der Waals surface area contributed by atoms with Crippen LogP contribution in [0, 0.1) is 0 Å². The molecule has 0 N–H and O–H groups in total. The minimum absolute atomic E-state index is 0.645. The van der Waals surface area contributed by atoms with Crippen LogP contribution >= 0.6 is 0 Å². The average Bonchev–Trinajstić information content (AvgIpc) is 2.85. The Labute approximate surface area is 114 Å². The van der Waals surface area contributed by atoms with Crippen molar-refractivity contribution in [2.24, 2.45) is 4.99 Å². The van der Waals surface area contributed by atoms with E-state index in [0.717, 1.165) is 24.2 Å². The smallest absolute Gasteiger partial charge is 0.178 e. The fourth-order valence-corrected chi connectivity index (χ4v) is 1.65. The molecule has 96 valence electrons. The Morgan fingerprint density at radius 2 is 2.42 bits per heavy atom. The number of rotatable bonds is 6. The van der Waals surface area contributed by atoms with Gasteiger partial charge < -0.3 is 9.30 Å². The van der Waals surface area contributed by atoms with Crippen LogP contribution in [0.4, 0.5) is 0 Å². The molecule has 0 aliphatic carbocycles. The molecular formula is C14H17BN4. The van der Waals surface area contributed by atoms with Gasteiger partial charge in [-0.1, -0.05) is 26.0 Å². The Kier molecular flexibility index (Phi) is 4.18. The highest BCUT2D eigenvalue weighted by atomic mass is 15.1. The first-order valence-corrected chi connectivity index (χ1v) is 6.26. The highest BCUT2D eigenvalue weighted by Gasteiger charge is 2.03. The van der Waals surface area contributed by atoms with Gasteiger partial charge in [-0.2, -0.15) is 0 Å². The van der Waals surface area contributed by atoms with Crippen LogP contribution < -0.4 is 0 Å². The molecule has 0 aromatic carbocycles. The van der Waals surface area contributed by atoms with Crippen LogP contribution in [-0.4, -0.2) is 27.9 Å². The molecule has 0 aliphatic heterocycles. The Balaban J connectivity index is 2.11. The molecule has 0 saturated heterocycles. The van der Waals surface area contributed by atoms with Crippen molar-refractivity contribution in [1.82, 2.24) is 14.3 Å². The van der Waals surface area contributed by atoms with E-state index < -0.39 is 0 Å². The molecule has 4 nitrogen and oxygen atoms in total. The van der Waals surface area contributed by atoms with Crippen LogP contribution in [0.3, 0.4) is 0 Å². The highest BCUT2D eigenvalue weighted by Crippen LogP contribution is 2.07. The van der Waals surface area contributed by atoms with E-state index in [1.807, 2.05) is 46.7 Å². The van der Waals surface area contributed by atoms with E-state index in [-0.39, 0.29) is 0 Å². The number of imidazole rings is 1. The predicted molar refractivity (Wildman–Crippen MR) is 81.6 cm³/mol. The van der Waals surface area contributed by atoms with Crippen LogP contribution in [0.1, 0.15) is 5.69 Å². The number of nitrogens with zero attached hydrogens (tertiary/aromatic N) is 4. The van der Waals surface area contributed by atoms with E-state index in [1.165, 1.54) is 0 Å². The summed E-state index contributed by atoms with van der Waals surface area (Å²) in [6.07, 6.45) is 7.46. The maximum atomic E-state index is 4.54. The maximum Gasteiger partial charge on any atom is 0.178 e. The van der Waals surface area contributed by atoms with Gasteiger partial charge in [-0.25, -0.2) is 4.98 Å². The van der Waals surface area contributed by atoms with Crippen molar-refractivity contribution >= 4 is 19.3 Å². The van der Waals surface area contributed by atoms with Gasteiger partial charge in [-0.15, -0.1) is 0 Å². The third-order valence-corrected chi connectivity index (χ3v) is 2.79. The van der Waals surface area contributed by atoms with Crippen LogP contribution in [0.5, 0.6) is 0 Å². The molecule has 2 aromatic rings. The molecule has 0 spiro atoms. The first kappa shape index (κ1) is 13.1. The molecule has 0 bridgehead atoms. The summed E-state index contributed by atoms with van der Waals surface area (Å²) >= 11 is 0. The molecule has 2 rings (SSSR count). The quantitative estimate of drug-likeness (QED) is 0.449. The predicted octanol–water partition coefficient (Wildman–Crippen LogP) is 2.26. The van der Waals surface area contributed by atoms with Gasteiger partial charge in [0.25, 0.3) is 0 Å². The molecule has 0 atom stereocenters. The normalized spacial score (nSPS) is 10.8. The SMILES string of the molecule is C=CN(/C=N\C(=C)BC)Cc1cn2ccccc2n1. The molecule has 0 radical (unpaired) electrons. The number of aromatic nitrogens is 2. The number of pyridine rings is 1. The number of hydrogen-bond acceptors (Lipinski definition) is 2. The van der Waals surface area contributed by atoms with Crippen molar-refractivity contribution in [3.8, 4) is 0 Å². The van der Waals surface area contributed by atoms with Gasteiger partial charge in [0, 0.05) is 12.4 Å². The second-order valence-corrected chi connectivity index (χ2v) is 4.22. The number of hydrogen-bond donors (Lipinski definition) is 0. The summed E-state index contributed by atoms with van der Waals surface area (Å²) in [5, 5.41) is 0. The van der Waals surface area contributed by atoms with E-state index in [9.17, 15) is 0 Å². The summed E-state index contributed by atoms with van der Waals surface area (Å²) in [6.45, 7) is 10.3. The molecule has 5 heteroatoms. The van der Waals surface area contributed by atoms with E-state index in [1.54, 1.807) is 12.5 Å². The lowest BCUT2D eigenvalue weighted by atomic mass is 9.79. The van der Waals surface area contributed by atoms with Gasteiger partial charge in [-0.3, -0.25) is 4.99 Å². The summed E-state index contributed by atoms with van der Waals surface area (Å²) < 4.78 is 2.00.